The molecule has 2 aromatic rings. The molecule has 5 nitrogen and oxygen atoms in total. The van der Waals surface area contributed by atoms with Crippen molar-refractivity contribution in [2.45, 2.75) is 65.1 Å². The van der Waals surface area contributed by atoms with E-state index in [-0.39, 0.29) is 31.0 Å². The number of carbonyl (C=O) groups excluding carboxylic acids is 2. The second-order valence-corrected chi connectivity index (χ2v) is 9.79. The number of hydrogen-bond acceptors (Lipinski definition) is 3. The van der Waals surface area contributed by atoms with Crippen molar-refractivity contribution in [2.75, 3.05) is 6.61 Å². The largest absolute Gasteiger partial charge is 0.484 e. The quantitative estimate of drug-likeness (QED) is 0.464. The van der Waals surface area contributed by atoms with E-state index in [2.05, 4.69) is 5.32 Å². The number of amides is 2. The lowest BCUT2D eigenvalue weighted by atomic mass is 10.1. The summed E-state index contributed by atoms with van der Waals surface area (Å²) in [6, 6.07) is 8.26. The second-order valence-electron chi connectivity index (χ2n) is 8.60. The van der Waals surface area contributed by atoms with Gasteiger partial charge in [-0.1, -0.05) is 53.7 Å². The molecule has 2 amide bonds. The number of carbonyl (C=O) groups is 2. The van der Waals surface area contributed by atoms with E-state index in [0.29, 0.717) is 20.8 Å². The Morgan fingerprint density at radius 2 is 1.70 bits per heavy atom. The smallest absolute Gasteiger partial charge is 0.261 e. The van der Waals surface area contributed by atoms with E-state index in [9.17, 15) is 9.59 Å². The summed E-state index contributed by atoms with van der Waals surface area (Å²) in [5, 5.41) is 4.58. The minimum absolute atomic E-state index is 0.165. The van der Waals surface area contributed by atoms with Gasteiger partial charge in [0.05, 0.1) is 10.0 Å². The first-order valence-corrected chi connectivity index (χ1v) is 12.2. The molecule has 1 N–H and O–H groups in total. The van der Waals surface area contributed by atoms with Crippen LogP contribution in [0.4, 0.5) is 0 Å². The van der Waals surface area contributed by atoms with Gasteiger partial charge in [0.15, 0.2) is 6.61 Å². The van der Waals surface area contributed by atoms with Crippen molar-refractivity contribution in [3.05, 3.63) is 62.1 Å². The fraction of sp³-hybridized carbons (Fsp3) is 0.440. The summed E-state index contributed by atoms with van der Waals surface area (Å²) in [4.78, 5) is 27.7. The Morgan fingerprint density at radius 3 is 2.30 bits per heavy atom. The van der Waals surface area contributed by atoms with Crippen molar-refractivity contribution >= 4 is 46.6 Å². The molecular formula is C25H29Cl3N2O3. The Kier molecular flexibility index (Phi) is 8.91. The Hall–Kier alpha value is -1.95. The zero-order valence-corrected chi connectivity index (χ0v) is 21.4. The summed E-state index contributed by atoms with van der Waals surface area (Å²) in [5.74, 6) is 0.0780. The van der Waals surface area contributed by atoms with Gasteiger partial charge >= 0.3 is 0 Å². The van der Waals surface area contributed by atoms with Crippen molar-refractivity contribution in [3.63, 3.8) is 0 Å². The molecule has 1 saturated carbocycles. The van der Waals surface area contributed by atoms with Crippen LogP contribution < -0.4 is 10.1 Å². The highest BCUT2D eigenvalue weighted by molar-refractivity contribution is 6.42. The summed E-state index contributed by atoms with van der Waals surface area (Å²) in [7, 11) is 0. The summed E-state index contributed by atoms with van der Waals surface area (Å²) in [6.07, 6.45) is 4.16. The Morgan fingerprint density at radius 1 is 1.06 bits per heavy atom. The highest BCUT2D eigenvalue weighted by Crippen LogP contribution is 2.27. The van der Waals surface area contributed by atoms with Crippen molar-refractivity contribution in [1.29, 1.82) is 0 Å². The molecule has 178 valence electrons. The number of benzene rings is 2. The second kappa shape index (κ2) is 11.5. The molecule has 8 heteroatoms. The molecule has 1 atom stereocenters. The molecule has 33 heavy (non-hydrogen) atoms. The number of nitrogens with one attached hydrogen (secondary N) is 1. The molecule has 1 aliphatic rings. The fourth-order valence-corrected chi connectivity index (χ4v) is 4.46. The average Bonchev–Trinajstić information content (AvgIpc) is 3.29. The molecule has 1 fully saturated rings. The molecule has 1 aliphatic carbocycles. The predicted octanol–water partition coefficient (Wildman–Crippen LogP) is 6.12. The Balaban J connectivity index is 1.76. The zero-order chi connectivity index (χ0) is 24.1. The van der Waals surface area contributed by atoms with E-state index in [4.69, 9.17) is 39.5 Å². The molecule has 2 aromatic carbocycles. The molecule has 3 rings (SSSR count). The third-order valence-corrected chi connectivity index (χ3v) is 7.31. The Labute approximate surface area is 210 Å². The van der Waals surface area contributed by atoms with Crippen LogP contribution in [-0.4, -0.2) is 35.4 Å². The van der Waals surface area contributed by atoms with Gasteiger partial charge in [-0.25, -0.2) is 0 Å². The van der Waals surface area contributed by atoms with E-state index in [1.807, 2.05) is 13.8 Å². The lowest BCUT2D eigenvalue weighted by Crippen LogP contribution is -2.50. The number of hydrogen-bond donors (Lipinski definition) is 1. The highest BCUT2D eigenvalue weighted by atomic mass is 35.5. The van der Waals surface area contributed by atoms with Gasteiger partial charge in [-0.05, 0) is 74.6 Å². The maximum absolute atomic E-state index is 13.2. The SMILES string of the molecule is Cc1cc(OCC(=O)N(Cc2ccc(Cl)c(Cl)c2)C(C)C(=O)NC2CCCC2)cc(C)c1Cl. The monoisotopic (exact) mass is 510 g/mol. The molecule has 0 spiro atoms. The van der Waals surface area contributed by atoms with Crippen LogP contribution in [0.2, 0.25) is 15.1 Å². The summed E-state index contributed by atoms with van der Waals surface area (Å²) < 4.78 is 5.78. The topological polar surface area (TPSA) is 58.6 Å². The lowest BCUT2D eigenvalue weighted by Gasteiger charge is -2.29. The average molecular weight is 512 g/mol. The van der Waals surface area contributed by atoms with Crippen LogP contribution in [0, 0.1) is 13.8 Å². The highest BCUT2D eigenvalue weighted by Gasteiger charge is 2.29. The van der Waals surface area contributed by atoms with Crippen LogP contribution in [0.1, 0.15) is 49.3 Å². The number of ether oxygens (including phenoxy) is 1. The van der Waals surface area contributed by atoms with Gasteiger partial charge in [0.2, 0.25) is 5.91 Å². The molecule has 0 saturated heterocycles. The molecule has 1 unspecified atom stereocenters. The van der Waals surface area contributed by atoms with Crippen LogP contribution in [0.3, 0.4) is 0 Å². The van der Waals surface area contributed by atoms with Crippen LogP contribution in [0.25, 0.3) is 0 Å². The van der Waals surface area contributed by atoms with Crippen molar-refractivity contribution in [3.8, 4) is 5.75 Å². The molecule has 0 aromatic heterocycles. The van der Waals surface area contributed by atoms with Crippen LogP contribution in [-0.2, 0) is 16.1 Å². The van der Waals surface area contributed by atoms with Gasteiger partial charge in [0.1, 0.15) is 11.8 Å². The molecule has 0 aliphatic heterocycles. The molecule has 0 radical (unpaired) electrons. The fourth-order valence-electron chi connectivity index (χ4n) is 4.03. The summed E-state index contributed by atoms with van der Waals surface area (Å²) in [6.45, 7) is 5.50. The summed E-state index contributed by atoms with van der Waals surface area (Å²) >= 11 is 18.4. The van der Waals surface area contributed by atoms with Crippen molar-refractivity contribution in [2.24, 2.45) is 0 Å². The first-order valence-electron chi connectivity index (χ1n) is 11.1. The third-order valence-electron chi connectivity index (χ3n) is 5.98. The van der Waals surface area contributed by atoms with Crippen molar-refractivity contribution < 1.29 is 14.3 Å². The Bertz CT molecular complexity index is 999. The van der Waals surface area contributed by atoms with Crippen molar-refractivity contribution in [1.82, 2.24) is 10.2 Å². The van der Waals surface area contributed by atoms with Gasteiger partial charge < -0.3 is 15.0 Å². The molecule has 0 heterocycles. The minimum atomic E-state index is -0.676. The van der Waals surface area contributed by atoms with Gasteiger partial charge in [-0.15, -0.1) is 0 Å². The number of halogens is 3. The number of rotatable bonds is 8. The normalized spacial score (nSPS) is 14.7. The van der Waals surface area contributed by atoms with Gasteiger partial charge in [0.25, 0.3) is 5.91 Å². The van der Waals surface area contributed by atoms with E-state index in [0.717, 1.165) is 42.4 Å². The van der Waals surface area contributed by atoms with Crippen LogP contribution in [0.15, 0.2) is 30.3 Å². The number of aryl methyl sites for hydroxylation is 2. The van der Waals surface area contributed by atoms with E-state index in [1.54, 1.807) is 37.3 Å². The van der Waals surface area contributed by atoms with E-state index in [1.165, 1.54) is 4.90 Å². The first-order chi connectivity index (χ1) is 15.7. The van der Waals surface area contributed by atoms with Crippen LogP contribution in [0.5, 0.6) is 5.75 Å². The van der Waals surface area contributed by atoms with Gasteiger partial charge in [0, 0.05) is 17.6 Å². The maximum atomic E-state index is 13.2. The van der Waals surface area contributed by atoms with E-state index < -0.39 is 6.04 Å². The lowest BCUT2D eigenvalue weighted by molar-refractivity contribution is -0.142. The minimum Gasteiger partial charge on any atom is -0.484 e. The third kappa shape index (κ3) is 6.78. The standard InChI is InChI=1S/C25H29Cl3N2O3/c1-15-10-20(11-16(2)24(15)28)33-14-23(31)30(13-18-8-9-21(26)22(27)12-18)17(3)25(32)29-19-6-4-5-7-19/h8-12,17,19H,4-7,13-14H2,1-3H3,(H,29,32). The predicted molar refractivity (Wildman–Crippen MR) is 133 cm³/mol. The first kappa shape index (κ1) is 25.7. The van der Waals surface area contributed by atoms with Crippen LogP contribution >= 0.6 is 34.8 Å². The van der Waals surface area contributed by atoms with Gasteiger partial charge in [-0.2, -0.15) is 0 Å². The number of nitrogens with zero attached hydrogens (tertiary/aromatic N) is 1. The zero-order valence-electron chi connectivity index (χ0n) is 19.1. The van der Waals surface area contributed by atoms with Gasteiger partial charge in [-0.3, -0.25) is 9.59 Å². The summed E-state index contributed by atoms with van der Waals surface area (Å²) in [5.41, 5.74) is 2.52. The molecule has 0 bridgehead atoms. The van der Waals surface area contributed by atoms with E-state index >= 15 is 0 Å². The maximum Gasteiger partial charge on any atom is 0.261 e. The molecular weight excluding hydrogens is 483 g/mol.